The molecular formula is C27H31FN2O4. The molecule has 34 heavy (non-hydrogen) atoms. The second-order valence-corrected chi connectivity index (χ2v) is 9.42. The molecule has 2 aliphatic rings. The molecule has 2 aliphatic heterocycles. The first-order valence-electron chi connectivity index (χ1n) is 11.9. The smallest absolute Gasteiger partial charge is 0.228 e. The van der Waals surface area contributed by atoms with Crippen LogP contribution in [0.4, 0.5) is 4.39 Å². The lowest BCUT2D eigenvalue weighted by atomic mass is 9.69. The number of carbonyl (C=O) groups excluding carboxylic acids is 3. The summed E-state index contributed by atoms with van der Waals surface area (Å²) >= 11 is 0. The zero-order chi connectivity index (χ0) is 24.4. The number of nitrogens with zero attached hydrogens (tertiary/aromatic N) is 2. The van der Waals surface area contributed by atoms with Crippen molar-refractivity contribution in [3.63, 3.8) is 0 Å². The Labute approximate surface area is 199 Å². The molecule has 0 aromatic heterocycles. The van der Waals surface area contributed by atoms with E-state index in [0.717, 1.165) is 19.3 Å². The number of ketones is 1. The number of hydrogen-bond donors (Lipinski definition) is 1. The summed E-state index contributed by atoms with van der Waals surface area (Å²) in [6, 6.07) is 10.8. The van der Waals surface area contributed by atoms with Gasteiger partial charge < -0.3 is 14.9 Å². The fraction of sp³-hybridized carbons (Fsp3) is 0.444. The average molecular weight is 467 g/mol. The van der Waals surface area contributed by atoms with Crippen molar-refractivity contribution in [2.75, 3.05) is 26.2 Å². The van der Waals surface area contributed by atoms with Gasteiger partial charge in [-0.15, -0.1) is 0 Å². The normalized spacial score (nSPS) is 23.0. The van der Waals surface area contributed by atoms with Crippen molar-refractivity contribution in [3.05, 3.63) is 65.0 Å². The number of hydrogen-bond acceptors (Lipinski definition) is 4. The van der Waals surface area contributed by atoms with Crippen molar-refractivity contribution >= 4 is 17.6 Å². The van der Waals surface area contributed by atoms with Gasteiger partial charge in [0, 0.05) is 50.5 Å². The van der Waals surface area contributed by atoms with Gasteiger partial charge in [0.15, 0.2) is 5.78 Å². The van der Waals surface area contributed by atoms with Crippen LogP contribution in [0.3, 0.4) is 0 Å². The lowest BCUT2D eigenvalue weighted by molar-refractivity contribution is -0.142. The van der Waals surface area contributed by atoms with Gasteiger partial charge in [0.2, 0.25) is 11.8 Å². The van der Waals surface area contributed by atoms with Crippen LogP contribution in [-0.4, -0.2) is 58.7 Å². The molecule has 3 atom stereocenters. The molecule has 180 valence electrons. The molecule has 4 rings (SSSR count). The lowest BCUT2D eigenvalue weighted by Crippen LogP contribution is -2.55. The Bertz CT molecular complexity index is 1100. The Morgan fingerprint density at radius 2 is 1.62 bits per heavy atom. The van der Waals surface area contributed by atoms with E-state index >= 15 is 0 Å². The van der Waals surface area contributed by atoms with Crippen LogP contribution in [0.1, 0.15) is 53.6 Å². The average Bonchev–Trinajstić information content (AvgIpc) is 2.84. The zero-order valence-electron chi connectivity index (χ0n) is 19.7. The number of Topliss-reactive ketones (excluding diaryl/α,β-unsaturated/α-hetero) is 1. The molecule has 6 nitrogen and oxygen atoms in total. The first-order chi connectivity index (χ1) is 16.3. The highest BCUT2D eigenvalue weighted by molar-refractivity contribution is 6.00. The maximum Gasteiger partial charge on any atom is 0.228 e. The first-order valence-corrected chi connectivity index (χ1v) is 11.9. The monoisotopic (exact) mass is 466 g/mol. The molecule has 2 aromatic rings. The van der Waals surface area contributed by atoms with Gasteiger partial charge in [0.1, 0.15) is 11.6 Å². The van der Waals surface area contributed by atoms with Gasteiger partial charge in [0.05, 0.1) is 5.92 Å². The van der Waals surface area contributed by atoms with Crippen molar-refractivity contribution in [1.82, 2.24) is 9.80 Å². The van der Waals surface area contributed by atoms with Crippen molar-refractivity contribution < 1.29 is 23.9 Å². The second-order valence-electron chi connectivity index (χ2n) is 9.42. The fourth-order valence-corrected chi connectivity index (χ4v) is 5.43. The minimum absolute atomic E-state index is 0.0375. The van der Waals surface area contributed by atoms with Crippen molar-refractivity contribution in [2.24, 2.45) is 11.8 Å². The van der Waals surface area contributed by atoms with Crippen molar-refractivity contribution in [1.29, 1.82) is 0 Å². The number of halogens is 1. The molecule has 7 heteroatoms. The van der Waals surface area contributed by atoms with E-state index < -0.39 is 17.8 Å². The van der Waals surface area contributed by atoms with Crippen LogP contribution in [0.15, 0.2) is 42.5 Å². The number of aromatic hydroxyl groups is 1. The summed E-state index contributed by atoms with van der Waals surface area (Å²) in [7, 11) is 0. The number of phenolic OH excluding ortho intramolecular Hbond substituents is 1. The number of rotatable bonds is 4. The highest BCUT2D eigenvalue weighted by atomic mass is 19.1. The van der Waals surface area contributed by atoms with E-state index in [0.29, 0.717) is 29.8 Å². The van der Waals surface area contributed by atoms with Crippen molar-refractivity contribution in [3.8, 4) is 5.75 Å². The SMILES string of the molecule is CC(=O)N1C[C@H](C(=O)c2cccc(O)c2)[C@@H](c2cccc(F)c2C)[C@@H](C(=O)N2CCCCC2)C1. The Morgan fingerprint density at radius 3 is 2.29 bits per heavy atom. The predicted molar refractivity (Wildman–Crippen MR) is 126 cm³/mol. The molecular weight excluding hydrogens is 435 g/mol. The van der Waals surface area contributed by atoms with Gasteiger partial charge in [-0.2, -0.15) is 0 Å². The Morgan fingerprint density at radius 1 is 0.941 bits per heavy atom. The third-order valence-corrected chi connectivity index (χ3v) is 7.27. The van der Waals surface area contributed by atoms with E-state index in [1.54, 1.807) is 36.1 Å². The molecule has 0 unspecified atom stereocenters. The summed E-state index contributed by atoms with van der Waals surface area (Å²) in [5.74, 6) is -3.00. The molecule has 1 N–H and O–H groups in total. The maximum absolute atomic E-state index is 14.6. The maximum atomic E-state index is 14.6. The number of phenols is 1. The number of likely N-dealkylation sites (tertiary alicyclic amines) is 2. The van der Waals surface area contributed by atoms with E-state index in [9.17, 15) is 23.9 Å². The van der Waals surface area contributed by atoms with Crippen molar-refractivity contribution in [2.45, 2.75) is 39.0 Å². The highest BCUT2D eigenvalue weighted by Gasteiger charge is 2.47. The molecule has 0 saturated carbocycles. The Hall–Kier alpha value is -3.22. The molecule has 0 aliphatic carbocycles. The van der Waals surface area contributed by atoms with Crippen LogP contribution < -0.4 is 0 Å². The summed E-state index contributed by atoms with van der Waals surface area (Å²) < 4.78 is 14.6. The minimum atomic E-state index is -0.751. The van der Waals surface area contributed by atoms with E-state index in [4.69, 9.17) is 0 Å². The van der Waals surface area contributed by atoms with Gasteiger partial charge in [-0.25, -0.2) is 4.39 Å². The lowest BCUT2D eigenvalue weighted by Gasteiger charge is -2.45. The first kappa shape index (κ1) is 23.9. The summed E-state index contributed by atoms with van der Waals surface area (Å²) in [6.07, 6.45) is 2.91. The predicted octanol–water partition coefficient (Wildman–Crippen LogP) is 3.91. The van der Waals surface area contributed by atoms with Crippen LogP contribution >= 0.6 is 0 Å². The topological polar surface area (TPSA) is 77.9 Å². The molecule has 2 amide bonds. The quantitative estimate of drug-likeness (QED) is 0.693. The van der Waals surface area contributed by atoms with Gasteiger partial charge >= 0.3 is 0 Å². The van der Waals surface area contributed by atoms with E-state index in [1.165, 1.54) is 25.1 Å². The van der Waals surface area contributed by atoms with Crippen LogP contribution in [0, 0.1) is 24.6 Å². The number of benzene rings is 2. The van der Waals surface area contributed by atoms with Crippen LogP contribution in [0.5, 0.6) is 5.75 Å². The molecule has 2 aromatic carbocycles. The molecule has 0 radical (unpaired) electrons. The van der Waals surface area contributed by atoms with Gasteiger partial charge in [0.25, 0.3) is 0 Å². The number of piperidine rings is 2. The standard InChI is InChI=1S/C27H31FN2O4/c1-17-21(10-7-11-24(17)28)25-22(26(33)19-8-6-9-20(32)14-19)15-30(18(2)31)16-23(25)27(34)29-12-4-3-5-13-29/h6-11,14,22-23,25,32H,3-5,12-13,15-16H2,1-2H3/t22-,23-,25+/m0/s1. The molecule has 0 bridgehead atoms. The van der Waals surface area contributed by atoms with Crippen LogP contribution in [-0.2, 0) is 9.59 Å². The van der Waals surface area contributed by atoms with E-state index in [-0.39, 0.29) is 42.3 Å². The van der Waals surface area contributed by atoms with E-state index in [1.807, 2.05) is 4.90 Å². The van der Waals surface area contributed by atoms with Gasteiger partial charge in [-0.3, -0.25) is 14.4 Å². The third-order valence-electron chi connectivity index (χ3n) is 7.27. The summed E-state index contributed by atoms with van der Waals surface area (Å²) in [5.41, 5.74) is 1.34. The largest absolute Gasteiger partial charge is 0.508 e. The highest BCUT2D eigenvalue weighted by Crippen LogP contribution is 2.42. The van der Waals surface area contributed by atoms with Gasteiger partial charge in [-0.05, 0) is 55.5 Å². The summed E-state index contributed by atoms with van der Waals surface area (Å²) in [4.78, 5) is 43.4. The molecule has 2 heterocycles. The van der Waals surface area contributed by atoms with E-state index in [2.05, 4.69) is 0 Å². The molecule has 2 fully saturated rings. The zero-order valence-corrected chi connectivity index (χ0v) is 19.7. The molecule has 2 saturated heterocycles. The fourth-order valence-electron chi connectivity index (χ4n) is 5.43. The number of amides is 2. The summed E-state index contributed by atoms with van der Waals surface area (Å²) in [6.45, 7) is 4.72. The van der Waals surface area contributed by atoms with Crippen LogP contribution in [0.25, 0.3) is 0 Å². The molecule has 0 spiro atoms. The Balaban J connectivity index is 1.83. The Kier molecular flexibility index (Phi) is 7.00. The third kappa shape index (κ3) is 4.69. The number of carbonyl (C=O) groups is 3. The van der Waals surface area contributed by atoms with Crippen LogP contribution in [0.2, 0.25) is 0 Å². The second kappa shape index (κ2) is 9.95. The minimum Gasteiger partial charge on any atom is -0.508 e. The summed E-state index contributed by atoms with van der Waals surface area (Å²) in [5, 5.41) is 9.95. The van der Waals surface area contributed by atoms with Gasteiger partial charge in [-0.1, -0.05) is 24.3 Å².